The van der Waals surface area contributed by atoms with Crippen molar-refractivity contribution in [2.45, 2.75) is 47.0 Å². The Balaban J connectivity index is 2.18. The van der Waals surface area contributed by atoms with Crippen molar-refractivity contribution in [3.63, 3.8) is 0 Å². The molecule has 0 atom stereocenters. The van der Waals surface area contributed by atoms with Crippen LogP contribution in [0.15, 0.2) is 41.5 Å². The fourth-order valence-corrected chi connectivity index (χ4v) is 2.82. The number of ether oxygens (including phenoxy) is 3. The van der Waals surface area contributed by atoms with E-state index in [0.29, 0.717) is 42.6 Å². The van der Waals surface area contributed by atoms with E-state index in [1.54, 1.807) is 18.3 Å². The van der Waals surface area contributed by atoms with E-state index >= 15 is 0 Å². The molecule has 0 spiro atoms. The molecule has 1 amide bonds. The highest BCUT2D eigenvalue weighted by Gasteiger charge is 2.18. The quantitative estimate of drug-likeness (QED) is 0.468. The van der Waals surface area contributed by atoms with Gasteiger partial charge in [-0.25, -0.2) is 5.43 Å². The van der Waals surface area contributed by atoms with Crippen LogP contribution >= 0.6 is 0 Å². The number of amides is 1. The summed E-state index contributed by atoms with van der Waals surface area (Å²) in [5.74, 6) is 1.08. The second-order valence-electron chi connectivity index (χ2n) is 7.67. The van der Waals surface area contributed by atoms with E-state index in [0.717, 1.165) is 5.56 Å². The minimum atomic E-state index is -0.359. The molecule has 1 N–H and O–H groups in total. The topological polar surface area (TPSA) is 69.2 Å². The third-order valence-corrected chi connectivity index (χ3v) is 4.33. The maximum absolute atomic E-state index is 12.6. The number of hydrogen-bond acceptors (Lipinski definition) is 5. The van der Waals surface area contributed by atoms with Gasteiger partial charge in [-0.05, 0) is 49.4 Å². The molecule has 2 rings (SSSR count). The molecular weight excluding hydrogens is 380 g/mol. The predicted octanol–water partition coefficient (Wildman–Crippen LogP) is 4.94. The zero-order chi connectivity index (χ0) is 22.1. The number of hydrogen-bond donors (Lipinski definition) is 1. The van der Waals surface area contributed by atoms with Crippen molar-refractivity contribution in [3.05, 3.63) is 53.1 Å². The molecule has 0 fully saturated rings. The third kappa shape index (κ3) is 6.24. The molecule has 0 radical (unpaired) electrons. The number of nitrogens with zero attached hydrogens (tertiary/aromatic N) is 1. The summed E-state index contributed by atoms with van der Waals surface area (Å²) in [5.41, 5.74) is 5.18. The van der Waals surface area contributed by atoms with Crippen molar-refractivity contribution in [3.8, 4) is 17.2 Å². The molecule has 2 aromatic carbocycles. The van der Waals surface area contributed by atoms with E-state index in [4.69, 9.17) is 14.2 Å². The van der Waals surface area contributed by atoms with E-state index in [-0.39, 0.29) is 11.3 Å². The highest BCUT2D eigenvalue weighted by atomic mass is 16.5. The van der Waals surface area contributed by atoms with Gasteiger partial charge in [0.05, 0.1) is 26.0 Å². The number of benzene rings is 2. The molecule has 0 aromatic heterocycles. The van der Waals surface area contributed by atoms with Gasteiger partial charge in [-0.3, -0.25) is 4.79 Å². The lowest BCUT2D eigenvalue weighted by atomic mass is 9.87. The summed E-state index contributed by atoms with van der Waals surface area (Å²) in [5, 5.41) is 4.08. The van der Waals surface area contributed by atoms with Crippen LogP contribution in [0.3, 0.4) is 0 Å². The molecule has 0 saturated heterocycles. The predicted molar refractivity (Wildman–Crippen MR) is 120 cm³/mol. The standard InChI is InChI=1S/C24H32N2O4/c1-7-28-20-14-18(15-21(29-8-2)22(20)30-9-3)23(27)26-25-16-17-10-12-19(13-11-17)24(4,5)6/h10-16H,7-9H2,1-6H3,(H,26,27)/b25-16-. The lowest BCUT2D eigenvalue weighted by molar-refractivity contribution is 0.0954. The van der Waals surface area contributed by atoms with Gasteiger partial charge in [-0.15, -0.1) is 0 Å². The Bertz CT molecular complexity index is 841. The largest absolute Gasteiger partial charge is 0.490 e. The molecule has 2 aromatic rings. The number of rotatable bonds is 9. The Kier molecular flexibility index (Phi) is 8.27. The zero-order valence-corrected chi connectivity index (χ0v) is 18.7. The first-order chi connectivity index (χ1) is 14.3. The normalized spacial score (nSPS) is 11.4. The van der Waals surface area contributed by atoms with Crippen LogP contribution in [0.25, 0.3) is 0 Å². The van der Waals surface area contributed by atoms with Crippen molar-refractivity contribution >= 4 is 12.1 Å². The average molecular weight is 413 g/mol. The Morgan fingerprint density at radius 3 is 1.93 bits per heavy atom. The SMILES string of the molecule is CCOc1cc(C(=O)N/N=C\c2ccc(C(C)(C)C)cc2)cc(OCC)c1OCC. The smallest absolute Gasteiger partial charge is 0.271 e. The van der Waals surface area contributed by atoms with Gasteiger partial charge in [-0.2, -0.15) is 5.10 Å². The molecule has 6 nitrogen and oxygen atoms in total. The zero-order valence-electron chi connectivity index (χ0n) is 18.7. The summed E-state index contributed by atoms with van der Waals surface area (Å²) in [7, 11) is 0. The summed E-state index contributed by atoms with van der Waals surface area (Å²) in [4.78, 5) is 12.6. The molecule has 0 saturated carbocycles. The van der Waals surface area contributed by atoms with E-state index in [9.17, 15) is 4.79 Å². The van der Waals surface area contributed by atoms with Crippen molar-refractivity contribution in [1.29, 1.82) is 0 Å². The first kappa shape index (κ1) is 23.3. The fourth-order valence-electron chi connectivity index (χ4n) is 2.82. The van der Waals surface area contributed by atoms with Crippen LogP contribution in [0, 0.1) is 0 Å². The van der Waals surface area contributed by atoms with Crippen LogP contribution in [0.1, 0.15) is 63.0 Å². The minimum Gasteiger partial charge on any atom is -0.490 e. The van der Waals surface area contributed by atoms with E-state index in [1.807, 2.05) is 32.9 Å². The second-order valence-corrected chi connectivity index (χ2v) is 7.67. The highest BCUT2D eigenvalue weighted by Crippen LogP contribution is 2.39. The van der Waals surface area contributed by atoms with Gasteiger partial charge in [-0.1, -0.05) is 45.0 Å². The van der Waals surface area contributed by atoms with Crippen LogP contribution in [0.4, 0.5) is 0 Å². The number of carbonyl (C=O) groups is 1. The maximum Gasteiger partial charge on any atom is 0.271 e. The van der Waals surface area contributed by atoms with E-state index < -0.39 is 0 Å². The third-order valence-electron chi connectivity index (χ3n) is 4.33. The molecule has 0 unspecified atom stereocenters. The number of nitrogens with one attached hydrogen (secondary N) is 1. The van der Waals surface area contributed by atoms with Crippen LogP contribution in [-0.2, 0) is 5.41 Å². The highest BCUT2D eigenvalue weighted by molar-refractivity contribution is 5.96. The first-order valence-electron chi connectivity index (χ1n) is 10.3. The monoisotopic (exact) mass is 412 g/mol. The lowest BCUT2D eigenvalue weighted by Gasteiger charge is -2.18. The van der Waals surface area contributed by atoms with Crippen molar-refractivity contribution < 1.29 is 19.0 Å². The van der Waals surface area contributed by atoms with Crippen LogP contribution in [0.2, 0.25) is 0 Å². The fraction of sp³-hybridized carbons (Fsp3) is 0.417. The lowest BCUT2D eigenvalue weighted by Crippen LogP contribution is -2.18. The summed E-state index contributed by atoms with van der Waals surface area (Å²) in [6.45, 7) is 13.5. The second kappa shape index (κ2) is 10.7. The van der Waals surface area contributed by atoms with E-state index in [2.05, 4.69) is 43.4 Å². The molecular formula is C24H32N2O4. The average Bonchev–Trinajstić information content (AvgIpc) is 2.70. The van der Waals surface area contributed by atoms with E-state index in [1.165, 1.54) is 5.56 Å². The summed E-state index contributed by atoms with van der Waals surface area (Å²) >= 11 is 0. The Morgan fingerprint density at radius 2 is 1.47 bits per heavy atom. The summed E-state index contributed by atoms with van der Waals surface area (Å²) < 4.78 is 17.0. The molecule has 0 aliphatic heterocycles. The Hall–Kier alpha value is -3.02. The van der Waals surface area contributed by atoms with Crippen molar-refractivity contribution in [1.82, 2.24) is 5.43 Å². The molecule has 0 aliphatic carbocycles. The van der Waals surface area contributed by atoms with Crippen molar-refractivity contribution in [2.75, 3.05) is 19.8 Å². The molecule has 0 bridgehead atoms. The molecule has 30 heavy (non-hydrogen) atoms. The van der Waals surface area contributed by atoms with Crippen LogP contribution < -0.4 is 19.6 Å². The summed E-state index contributed by atoms with van der Waals surface area (Å²) in [6.07, 6.45) is 1.62. The number of hydrazone groups is 1. The van der Waals surface area contributed by atoms with Gasteiger partial charge in [0.25, 0.3) is 5.91 Å². The van der Waals surface area contributed by atoms with Gasteiger partial charge >= 0.3 is 0 Å². The first-order valence-corrected chi connectivity index (χ1v) is 10.3. The molecule has 0 aliphatic rings. The maximum atomic E-state index is 12.6. The van der Waals surface area contributed by atoms with Gasteiger partial charge in [0.2, 0.25) is 5.75 Å². The van der Waals surface area contributed by atoms with Gasteiger partial charge < -0.3 is 14.2 Å². The molecule has 162 valence electrons. The van der Waals surface area contributed by atoms with Gasteiger partial charge in [0.15, 0.2) is 11.5 Å². The Morgan fingerprint density at radius 1 is 0.933 bits per heavy atom. The van der Waals surface area contributed by atoms with Crippen LogP contribution in [0.5, 0.6) is 17.2 Å². The Labute approximate surface area is 179 Å². The van der Waals surface area contributed by atoms with Gasteiger partial charge in [0, 0.05) is 5.56 Å². The molecule has 6 heteroatoms. The number of carbonyl (C=O) groups excluding carboxylic acids is 1. The summed E-state index contributed by atoms with van der Waals surface area (Å²) in [6, 6.07) is 11.4. The van der Waals surface area contributed by atoms with Crippen LogP contribution in [-0.4, -0.2) is 31.9 Å². The van der Waals surface area contributed by atoms with Crippen molar-refractivity contribution in [2.24, 2.45) is 5.10 Å². The molecule has 0 heterocycles. The minimum absolute atomic E-state index is 0.0913. The van der Waals surface area contributed by atoms with Gasteiger partial charge in [0.1, 0.15) is 0 Å².